The molecule has 19 heavy (non-hydrogen) atoms. The van der Waals surface area contributed by atoms with Crippen LogP contribution in [0.4, 0.5) is 17.3 Å². The Hall–Kier alpha value is -1.85. The zero-order valence-electron chi connectivity index (χ0n) is 11.3. The SMILES string of the molecule is CNc1cc([N+](=O)[O-])cc(N2CCCCCCC2)n1. The van der Waals surface area contributed by atoms with Gasteiger partial charge >= 0.3 is 0 Å². The van der Waals surface area contributed by atoms with Gasteiger partial charge in [-0.2, -0.15) is 0 Å². The van der Waals surface area contributed by atoms with E-state index in [9.17, 15) is 10.1 Å². The predicted molar refractivity (Wildman–Crippen MR) is 75.7 cm³/mol. The van der Waals surface area contributed by atoms with Crippen molar-refractivity contribution in [1.29, 1.82) is 0 Å². The zero-order chi connectivity index (χ0) is 13.7. The first-order chi connectivity index (χ1) is 9.20. The van der Waals surface area contributed by atoms with Gasteiger partial charge in [0, 0.05) is 20.1 Å². The maximum absolute atomic E-state index is 11.0. The molecule has 0 bridgehead atoms. The van der Waals surface area contributed by atoms with Crippen LogP contribution in [0.25, 0.3) is 0 Å². The van der Waals surface area contributed by atoms with Gasteiger partial charge in [-0.05, 0) is 12.8 Å². The lowest BCUT2D eigenvalue weighted by Crippen LogP contribution is -2.28. The van der Waals surface area contributed by atoms with Crippen LogP contribution < -0.4 is 10.2 Å². The first-order valence-corrected chi connectivity index (χ1v) is 6.80. The molecule has 0 amide bonds. The lowest BCUT2D eigenvalue weighted by molar-refractivity contribution is -0.384. The van der Waals surface area contributed by atoms with Gasteiger partial charge in [0.25, 0.3) is 5.69 Å². The van der Waals surface area contributed by atoms with E-state index in [4.69, 9.17) is 0 Å². The third kappa shape index (κ3) is 3.56. The van der Waals surface area contributed by atoms with Gasteiger partial charge in [-0.1, -0.05) is 19.3 Å². The highest BCUT2D eigenvalue weighted by atomic mass is 16.6. The van der Waals surface area contributed by atoms with E-state index in [1.54, 1.807) is 13.1 Å². The second-order valence-corrected chi connectivity index (χ2v) is 4.83. The maximum Gasteiger partial charge on any atom is 0.276 e. The number of nitrogens with one attached hydrogen (secondary N) is 1. The molecule has 1 aliphatic heterocycles. The number of pyridine rings is 1. The van der Waals surface area contributed by atoms with Crippen molar-refractivity contribution in [1.82, 2.24) is 4.98 Å². The highest BCUT2D eigenvalue weighted by Crippen LogP contribution is 2.24. The van der Waals surface area contributed by atoms with Crippen molar-refractivity contribution in [2.24, 2.45) is 0 Å². The minimum absolute atomic E-state index is 0.0939. The molecular weight excluding hydrogens is 244 g/mol. The molecule has 1 saturated heterocycles. The average molecular weight is 264 g/mol. The molecule has 0 atom stereocenters. The van der Waals surface area contributed by atoms with Crippen LogP contribution in [0.1, 0.15) is 32.1 Å². The molecule has 6 heteroatoms. The Morgan fingerprint density at radius 2 is 1.84 bits per heavy atom. The van der Waals surface area contributed by atoms with E-state index in [-0.39, 0.29) is 10.6 Å². The van der Waals surface area contributed by atoms with Crippen LogP contribution in [-0.4, -0.2) is 30.0 Å². The molecule has 1 N–H and O–H groups in total. The molecule has 0 unspecified atom stereocenters. The number of nitro groups is 1. The lowest BCUT2D eigenvalue weighted by Gasteiger charge is -2.25. The predicted octanol–water partition coefficient (Wildman–Crippen LogP) is 2.80. The van der Waals surface area contributed by atoms with Crippen molar-refractivity contribution in [3.8, 4) is 0 Å². The highest BCUT2D eigenvalue weighted by molar-refractivity contribution is 5.55. The summed E-state index contributed by atoms with van der Waals surface area (Å²) in [6.45, 7) is 1.86. The summed E-state index contributed by atoms with van der Waals surface area (Å²) in [5, 5.41) is 13.8. The molecule has 104 valence electrons. The molecule has 2 rings (SSSR count). The summed E-state index contributed by atoms with van der Waals surface area (Å²) in [5.74, 6) is 1.26. The van der Waals surface area contributed by atoms with Crippen molar-refractivity contribution < 1.29 is 4.92 Å². The van der Waals surface area contributed by atoms with Gasteiger partial charge in [-0.3, -0.25) is 10.1 Å². The molecule has 0 saturated carbocycles. The van der Waals surface area contributed by atoms with E-state index >= 15 is 0 Å². The first-order valence-electron chi connectivity index (χ1n) is 6.80. The Kier molecular flexibility index (Phi) is 4.54. The number of rotatable bonds is 3. The van der Waals surface area contributed by atoms with E-state index < -0.39 is 0 Å². The van der Waals surface area contributed by atoms with Gasteiger partial charge in [0.1, 0.15) is 11.6 Å². The Morgan fingerprint density at radius 3 is 2.42 bits per heavy atom. The van der Waals surface area contributed by atoms with Crippen LogP contribution in [0.2, 0.25) is 0 Å². The minimum atomic E-state index is -0.365. The van der Waals surface area contributed by atoms with E-state index in [0.717, 1.165) is 25.9 Å². The Balaban J connectivity index is 2.25. The van der Waals surface area contributed by atoms with Crippen molar-refractivity contribution in [3.63, 3.8) is 0 Å². The summed E-state index contributed by atoms with van der Waals surface area (Å²) >= 11 is 0. The molecule has 0 aromatic carbocycles. The third-order valence-corrected chi connectivity index (χ3v) is 3.44. The molecule has 1 aromatic rings. The fourth-order valence-electron chi connectivity index (χ4n) is 2.37. The smallest absolute Gasteiger partial charge is 0.276 e. The van der Waals surface area contributed by atoms with E-state index in [0.29, 0.717) is 11.6 Å². The molecule has 0 aliphatic carbocycles. The van der Waals surface area contributed by atoms with E-state index in [2.05, 4.69) is 15.2 Å². The Bertz CT molecular complexity index is 442. The van der Waals surface area contributed by atoms with Crippen LogP contribution in [0, 0.1) is 10.1 Å². The number of hydrogen-bond acceptors (Lipinski definition) is 5. The van der Waals surface area contributed by atoms with Gasteiger partial charge in [-0.15, -0.1) is 0 Å². The van der Waals surface area contributed by atoms with Crippen LogP contribution in [-0.2, 0) is 0 Å². The summed E-state index contributed by atoms with van der Waals surface area (Å²) in [5.41, 5.74) is 0.0939. The van der Waals surface area contributed by atoms with Crippen LogP contribution in [0.3, 0.4) is 0 Å². The molecule has 0 spiro atoms. The Labute approximate surface area is 113 Å². The van der Waals surface area contributed by atoms with Crippen molar-refractivity contribution >= 4 is 17.3 Å². The summed E-state index contributed by atoms with van der Waals surface area (Å²) in [4.78, 5) is 17.2. The largest absolute Gasteiger partial charge is 0.373 e. The van der Waals surface area contributed by atoms with Crippen molar-refractivity contribution in [3.05, 3.63) is 22.2 Å². The van der Waals surface area contributed by atoms with Crippen molar-refractivity contribution in [2.75, 3.05) is 30.4 Å². The molecular formula is C13H20N4O2. The monoisotopic (exact) mass is 264 g/mol. The van der Waals surface area contributed by atoms with Gasteiger partial charge in [-0.25, -0.2) is 4.98 Å². The highest BCUT2D eigenvalue weighted by Gasteiger charge is 2.16. The number of aromatic nitrogens is 1. The van der Waals surface area contributed by atoms with Crippen molar-refractivity contribution in [2.45, 2.75) is 32.1 Å². The summed E-state index contributed by atoms with van der Waals surface area (Å²) in [6, 6.07) is 3.04. The first kappa shape index (κ1) is 13.6. The standard InChI is InChI=1S/C13H20N4O2/c1-14-12-9-11(17(18)19)10-13(15-12)16-7-5-3-2-4-6-8-16/h9-10H,2-8H2,1H3,(H,14,15). The zero-order valence-corrected chi connectivity index (χ0v) is 11.3. The minimum Gasteiger partial charge on any atom is -0.373 e. The molecule has 1 aromatic heterocycles. The third-order valence-electron chi connectivity index (χ3n) is 3.44. The van der Waals surface area contributed by atoms with Gasteiger partial charge in [0.15, 0.2) is 0 Å². The molecule has 6 nitrogen and oxygen atoms in total. The number of nitrogens with zero attached hydrogens (tertiary/aromatic N) is 3. The maximum atomic E-state index is 11.0. The summed E-state index contributed by atoms with van der Waals surface area (Å²) in [7, 11) is 1.73. The normalized spacial score (nSPS) is 16.6. The van der Waals surface area contributed by atoms with E-state index in [1.807, 2.05) is 0 Å². The van der Waals surface area contributed by atoms with Gasteiger partial charge in [0.05, 0.1) is 17.1 Å². The average Bonchev–Trinajstić information content (AvgIpc) is 2.37. The van der Waals surface area contributed by atoms with E-state index in [1.165, 1.54) is 25.3 Å². The van der Waals surface area contributed by atoms with Gasteiger partial charge in [0.2, 0.25) is 0 Å². The quantitative estimate of drug-likeness (QED) is 0.671. The van der Waals surface area contributed by atoms with Gasteiger partial charge < -0.3 is 10.2 Å². The van der Waals surface area contributed by atoms with Crippen LogP contribution >= 0.6 is 0 Å². The summed E-state index contributed by atoms with van der Waals surface area (Å²) in [6.07, 6.45) is 5.99. The molecule has 2 heterocycles. The van der Waals surface area contributed by atoms with Crippen LogP contribution in [0.5, 0.6) is 0 Å². The molecule has 1 aliphatic rings. The summed E-state index contributed by atoms with van der Waals surface area (Å²) < 4.78 is 0. The fraction of sp³-hybridized carbons (Fsp3) is 0.615. The molecule has 1 fully saturated rings. The van der Waals surface area contributed by atoms with Crippen LogP contribution in [0.15, 0.2) is 12.1 Å². The second-order valence-electron chi connectivity index (χ2n) is 4.83. The Morgan fingerprint density at radius 1 is 1.21 bits per heavy atom. The number of hydrogen-bond donors (Lipinski definition) is 1. The topological polar surface area (TPSA) is 71.3 Å². The fourth-order valence-corrected chi connectivity index (χ4v) is 2.37. The second kappa shape index (κ2) is 6.36. The number of anilines is 2. The lowest BCUT2D eigenvalue weighted by atomic mass is 10.1. The molecule has 0 radical (unpaired) electrons.